The smallest absolute Gasteiger partial charge is 0.497 e. The van der Waals surface area contributed by atoms with Crippen LogP contribution in [0.3, 0.4) is 0 Å². The van der Waals surface area contributed by atoms with Gasteiger partial charge < -0.3 is 14.6 Å². The van der Waals surface area contributed by atoms with Crippen LogP contribution in [0, 0.1) is 11.8 Å². The lowest BCUT2D eigenvalue weighted by Gasteiger charge is -2.29. The van der Waals surface area contributed by atoms with Gasteiger partial charge in [-0.15, -0.1) is 6.58 Å². The van der Waals surface area contributed by atoms with Gasteiger partial charge in [0.05, 0.1) is 25.8 Å². The number of aromatic nitrogens is 1. The van der Waals surface area contributed by atoms with Crippen molar-refractivity contribution in [1.29, 1.82) is 0 Å². The molecule has 2 aromatic rings. The number of phosphoric acid groups is 1. The normalized spacial score (nSPS) is 19.7. The molecule has 1 aliphatic heterocycles. The van der Waals surface area contributed by atoms with Crippen LogP contribution in [-0.4, -0.2) is 38.4 Å². The molecule has 1 fully saturated rings. The summed E-state index contributed by atoms with van der Waals surface area (Å²) in [6.45, 7) is 9.80. The highest BCUT2D eigenvalue weighted by atomic mass is 31.2. The first-order chi connectivity index (χ1) is 15.5. The number of benzene rings is 1. The van der Waals surface area contributed by atoms with Crippen LogP contribution in [0.1, 0.15) is 32.3 Å². The molecule has 2 unspecified atom stereocenters. The molecule has 8 heteroatoms. The van der Waals surface area contributed by atoms with Crippen LogP contribution in [0.2, 0.25) is 0 Å². The highest BCUT2D eigenvalue weighted by molar-refractivity contribution is 7.48. The number of rotatable bonds is 11. The van der Waals surface area contributed by atoms with Gasteiger partial charge in [-0.1, -0.05) is 6.08 Å². The summed E-state index contributed by atoms with van der Waals surface area (Å²) in [6.07, 6.45) is 7.49. The number of phosphoric ester groups is 1. The van der Waals surface area contributed by atoms with Gasteiger partial charge in [0, 0.05) is 23.7 Å². The second-order valence-corrected chi connectivity index (χ2v) is 9.17. The fourth-order valence-corrected chi connectivity index (χ4v) is 5.18. The molecule has 32 heavy (non-hydrogen) atoms. The molecule has 3 rings (SSSR count). The predicted octanol–water partition coefficient (Wildman–Crippen LogP) is 5.58. The van der Waals surface area contributed by atoms with E-state index in [1.54, 1.807) is 27.2 Å². The molecule has 1 N–H and O–H groups in total. The summed E-state index contributed by atoms with van der Waals surface area (Å²) in [7, 11) is -2.16. The van der Waals surface area contributed by atoms with Gasteiger partial charge in [-0.05, 0) is 75.4 Å². The van der Waals surface area contributed by atoms with E-state index >= 15 is 0 Å². The van der Waals surface area contributed by atoms with Crippen LogP contribution in [0.15, 0.2) is 49.2 Å². The van der Waals surface area contributed by atoms with E-state index in [0.29, 0.717) is 23.3 Å². The monoisotopic (exact) mass is 460 g/mol. The lowest BCUT2D eigenvalue weighted by molar-refractivity contribution is 0.159. The minimum Gasteiger partial charge on any atom is -0.497 e. The highest BCUT2D eigenvalue weighted by Gasteiger charge is 2.30. The van der Waals surface area contributed by atoms with Crippen LogP contribution in [0.25, 0.3) is 16.7 Å². The largest absolute Gasteiger partial charge is 0.530 e. The standard InChI is InChI=1S/C24H33N2O5P/c1-5-18-17-25-14-12-19(18)8-11-24(31-32(27,29-6-2)30-7-3)21-13-15-26-23-10-9-20(28-4)16-22(21)23/h5,9-11,13,15-16,18-19,25H,1,6-8,12,14,17H2,2-4H3/b24-11-. The molecule has 2 atom stereocenters. The third-order valence-electron chi connectivity index (χ3n) is 5.58. The fraction of sp³-hybridized carbons (Fsp3) is 0.458. The quantitative estimate of drug-likeness (QED) is 0.266. The second kappa shape index (κ2) is 11.6. The Morgan fingerprint density at radius 1 is 1.28 bits per heavy atom. The van der Waals surface area contributed by atoms with E-state index in [1.165, 1.54) is 0 Å². The lowest BCUT2D eigenvalue weighted by atomic mass is 9.84. The molecule has 0 bridgehead atoms. The summed E-state index contributed by atoms with van der Waals surface area (Å²) in [6, 6.07) is 7.50. The van der Waals surface area contributed by atoms with Gasteiger partial charge in [0.25, 0.3) is 0 Å². The summed E-state index contributed by atoms with van der Waals surface area (Å²) in [4.78, 5) is 4.45. The van der Waals surface area contributed by atoms with Crippen LogP contribution in [0.5, 0.6) is 5.75 Å². The molecule has 2 heterocycles. The zero-order valence-electron chi connectivity index (χ0n) is 19.1. The molecule has 174 valence electrons. The van der Waals surface area contributed by atoms with Crippen molar-refractivity contribution in [3.63, 3.8) is 0 Å². The Bertz CT molecular complexity index is 984. The predicted molar refractivity (Wildman–Crippen MR) is 127 cm³/mol. The van der Waals surface area contributed by atoms with Crippen molar-refractivity contribution in [3.05, 3.63) is 54.8 Å². The van der Waals surface area contributed by atoms with Crippen LogP contribution < -0.4 is 10.1 Å². The van der Waals surface area contributed by atoms with Gasteiger partial charge in [-0.3, -0.25) is 14.0 Å². The van der Waals surface area contributed by atoms with E-state index in [2.05, 4.69) is 16.9 Å². The maximum absolute atomic E-state index is 13.3. The zero-order valence-corrected chi connectivity index (χ0v) is 20.0. The van der Waals surface area contributed by atoms with Gasteiger partial charge in [-0.25, -0.2) is 4.57 Å². The van der Waals surface area contributed by atoms with E-state index in [1.807, 2.05) is 36.4 Å². The molecule has 0 amide bonds. The zero-order chi connectivity index (χ0) is 23.0. The van der Waals surface area contributed by atoms with Crippen molar-refractivity contribution in [2.75, 3.05) is 33.4 Å². The molecule has 0 radical (unpaired) electrons. The van der Waals surface area contributed by atoms with Crippen molar-refractivity contribution < 1.29 is 22.9 Å². The van der Waals surface area contributed by atoms with E-state index in [0.717, 1.165) is 42.4 Å². The van der Waals surface area contributed by atoms with E-state index in [-0.39, 0.29) is 13.2 Å². The van der Waals surface area contributed by atoms with Crippen LogP contribution in [0.4, 0.5) is 0 Å². The molecule has 1 aliphatic rings. The number of fused-ring (bicyclic) bond motifs is 1. The number of methoxy groups -OCH3 is 1. The first kappa shape index (κ1) is 24.5. The molecule has 0 spiro atoms. The summed E-state index contributed by atoms with van der Waals surface area (Å²) >= 11 is 0. The molecule has 7 nitrogen and oxygen atoms in total. The van der Waals surface area contributed by atoms with Crippen molar-refractivity contribution in [2.24, 2.45) is 11.8 Å². The van der Waals surface area contributed by atoms with E-state index in [9.17, 15) is 4.57 Å². The molecule has 1 aromatic carbocycles. The van der Waals surface area contributed by atoms with Gasteiger partial charge in [0.2, 0.25) is 0 Å². The molecule has 1 aromatic heterocycles. The summed E-state index contributed by atoms with van der Waals surface area (Å²) in [5, 5.41) is 4.25. The number of nitrogens with one attached hydrogen (secondary N) is 1. The van der Waals surface area contributed by atoms with Crippen molar-refractivity contribution in [3.8, 4) is 5.75 Å². The molecule has 0 saturated carbocycles. The first-order valence-electron chi connectivity index (χ1n) is 11.1. The van der Waals surface area contributed by atoms with Crippen LogP contribution in [-0.2, 0) is 18.1 Å². The van der Waals surface area contributed by atoms with E-state index < -0.39 is 7.82 Å². The number of piperidine rings is 1. The second-order valence-electron chi connectivity index (χ2n) is 7.57. The minimum atomic E-state index is -3.78. The Morgan fingerprint density at radius 3 is 2.75 bits per heavy atom. The maximum atomic E-state index is 13.3. The number of nitrogens with zero attached hydrogens (tertiary/aromatic N) is 1. The minimum absolute atomic E-state index is 0.211. The van der Waals surface area contributed by atoms with E-state index in [4.69, 9.17) is 18.3 Å². The lowest BCUT2D eigenvalue weighted by Crippen LogP contribution is -2.35. The van der Waals surface area contributed by atoms with Gasteiger partial charge in [0.1, 0.15) is 11.5 Å². The number of hydrogen-bond acceptors (Lipinski definition) is 7. The molecule has 1 saturated heterocycles. The van der Waals surface area contributed by atoms with Crippen LogP contribution >= 0.6 is 7.82 Å². The summed E-state index contributed by atoms with van der Waals surface area (Å²) in [5.41, 5.74) is 1.55. The van der Waals surface area contributed by atoms with Crippen molar-refractivity contribution in [2.45, 2.75) is 26.7 Å². The number of hydrogen-bond donors (Lipinski definition) is 1. The van der Waals surface area contributed by atoms with Gasteiger partial charge in [0.15, 0.2) is 0 Å². The Kier molecular flexibility index (Phi) is 8.88. The third-order valence-corrected chi connectivity index (χ3v) is 7.15. The average molecular weight is 461 g/mol. The van der Waals surface area contributed by atoms with Crippen molar-refractivity contribution >= 4 is 24.5 Å². The van der Waals surface area contributed by atoms with Gasteiger partial charge >= 0.3 is 7.82 Å². The average Bonchev–Trinajstić information content (AvgIpc) is 2.81. The topological polar surface area (TPSA) is 78.9 Å². The Balaban J connectivity index is 2.05. The number of ether oxygens (including phenoxy) is 1. The Morgan fingerprint density at radius 2 is 2.06 bits per heavy atom. The SMILES string of the molecule is C=CC1CNCCC1C/C=C(\OP(=O)(OCC)OCC)c1ccnc2ccc(OC)cc12. The summed E-state index contributed by atoms with van der Waals surface area (Å²) < 4.78 is 35.5. The first-order valence-corrected chi connectivity index (χ1v) is 12.5. The highest BCUT2D eigenvalue weighted by Crippen LogP contribution is 2.53. The third kappa shape index (κ3) is 5.99. The van der Waals surface area contributed by atoms with Gasteiger partial charge in [-0.2, -0.15) is 0 Å². The fourth-order valence-electron chi connectivity index (χ4n) is 3.95. The molecule has 0 aliphatic carbocycles. The molecular weight excluding hydrogens is 427 g/mol. The maximum Gasteiger partial charge on any atom is 0.530 e. The van der Waals surface area contributed by atoms with Crippen molar-refractivity contribution in [1.82, 2.24) is 10.3 Å². The summed E-state index contributed by atoms with van der Waals surface area (Å²) in [5.74, 6) is 1.93. The Labute approximate surface area is 190 Å². The molecular formula is C24H33N2O5P. The Hall–Kier alpha value is -2.18. The number of pyridine rings is 1. The number of allylic oxidation sites excluding steroid dienone is 1.